The minimum absolute atomic E-state index is 0.210. The summed E-state index contributed by atoms with van der Waals surface area (Å²) >= 11 is 1.03. The summed E-state index contributed by atoms with van der Waals surface area (Å²) in [6.45, 7) is 0. The van der Waals surface area contributed by atoms with Gasteiger partial charge in [0, 0.05) is 16.5 Å². The SMILES string of the molecule is COc1ccc(Nc2[nH]c(=O)sc2/C=C2/C=c3ccccc3=NC2=O)cc1. The molecule has 0 saturated carbocycles. The highest BCUT2D eigenvalue weighted by Crippen LogP contribution is 2.25. The first-order chi connectivity index (χ1) is 13.1. The number of nitrogens with one attached hydrogen (secondary N) is 2. The van der Waals surface area contributed by atoms with E-state index in [4.69, 9.17) is 4.74 Å². The monoisotopic (exact) mass is 377 g/mol. The zero-order valence-electron chi connectivity index (χ0n) is 14.4. The van der Waals surface area contributed by atoms with Gasteiger partial charge in [0.1, 0.15) is 11.6 Å². The van der Waals surface area contributed by atoms with E-state index in [2.05, 4.69) is 15.3 Å². The van der Waals surface area contributed by atoms with Crippen LogP contribution in [0.25, 0.3) is 12.2 Å². The zero-order valence-corrected chi connectivity index (χ0v) is 15.2. The topological polar surface area (TPSA) is 83.5 Å². The van der Waals surface area contributed by atoms with Crippen molar-refractivity contribution in [2.75, 3.05) is 12.4 Å². The van der Waals surface area contributed by atoms with Gasteiger partial charge in [0.05, 0.1) is 17.3 Å². The van der Waals surface area contributed by atoms with Crippen LogP contribution in [0.15, 0.2) is 63.9 Å². The molecule has 1 aliphatic heterocycles. The molecule has 134 valence electrons. The average molecular weight is 377 g/mol. The molecule has 0 saturated heterocycles. The van der Waals surface area contributed by atoms with E-state index in [1.807, 2.05) is 42.5 Å². The van der Waals surface area contributed by atoms with Gasteiger partial charge in [-0.15, -0.1) is 0 Å². The summed E-state index contributed by atoms with van der Waals surface area (Å²) in [6.07, 6.45) is 3.46. The molecule has 0 radical (unpaired) electrons. The van der Waals surface area contributed by atoms with E-state index in [1.165, 1.54) is 0 Å². The number of hydrogen-bond acceptors (Lipinski definition) is 5. The van der Waals surface area contributed by atoms with Crippen molar-refractivity contribution in [1.82, 2.24) is 4.98 Å². The summed E-state index contributed by atoms with van der Waals surface area (Å²) in [6, 6.07) is 14.8. The van der Waals surface area contributed by atoms with E-state index in [1.54, 1.807) is 25.3 Å². The van der Waals surface area contributed by atoms with Gasteiger partial charge in [0.15, 0.2) is 0 Å². The molecule has 2 N–H and O–H groups in total. The Hall–Kier alpha value is -3.45. The lowest BCUT2D eigenvalue weighted by molar-refractivity contribution is -0.114. The van der Waals surface area contributed by atoms with E-state index < -0.39 is 0 Å². The van der Waals surface area contributed by atoms with Crippen LogP contribution >= 0.6 is 11.3 Å². The van der Waals surface area contributed by atoms with E-state index in [0.717, 1.165) is 28.0 Å². The molecule has 27 heavy (non-hydrogen) atoms. The predicted molar refractivity (Wildman–Crippen MR) is 106 cm³/mol. The van der Waals surface area contributed by atoms with Crippen LogP contribution in [-0.2, 0) is 4.79 Å². The maximum absolute atomic E-state index is 12.3. The van der Waals surface area contributed by atoms with Gasteiger partial charge in [-0.05, 0) is 42.5 Å². The first-order valence-corrected chi connectivity index (χ1v) is 9.00. The maximum atomic E-state index is 12.3. The van der Waals surface area contributed by atoms with Gasteiger partial charge < -0.3 is 10.1 Å². The summed E-state index contributed by atoms with van der Waals surface area (Å²) < 4.78 is 5.14. The second-order valence-electron chi connectivity index (χ2n) is 5.83. The van der Waals surface area contributed by atoms with Gasteiger partial charge in [-0.1, -0.05) is 29.5 Å². The number of anilines is 2. The lowest BCUT2D eigenvalue weighted by Gasteiger charge is -2.07. The summed E-state index contributed by atoms with van der Waals surface area (Å²) in [4.78, 5) is 31.5. The number of nitrogens with zero attached hydrogens (tertiary/aromatic N) is 1. The Morgan fingerprint density at radius 1 is 1.11 bits per heavy atom. The maximum Gasteiger partial charge on any atom is 0.306 e. The highest BCUT2D eigenvalue weighted by atomic mass is 32.1. The van der Waals surface area contributed by atoms with Gasteiger partial charge in [-0.25, -0.2) is 4.99 Å². The van der Waals surface area contributed by atoms with Crippen LogP contribution < -0.4 is 25.5 Å². The predicted octanol–water partition coefficient (Wildman–Crippen LogP) is 2.21. The average Bonchev–Trinajstić information content (AvgIpc) is 3.02. The van der Waals surface area contributed by atoms with Gasteiger partial charge in [-0.3, -0.25) is 14.6 Å². The van der Waals surface area contributed by atoms with Crippen molar-refractivity contribution in [3.63, 3.8) is 0 Å². The molecule has 0 fully saturated rings. The fraction of sp³-hybridized carbons (Fsp3) is 0.0500. The number of amides is 1. The Kier molecular flexibility index (Phi) is 4.43. The molecule has 7 heteroatoms. The number of carbonyl (C=O) groups excluding carboxylic acids is 1. The number of methoxy groups -OCH3 is 1. The minimum atomic E-state index is -0.329. The molecule has 1 amide bonds. The van der Waals surface area contributed by atoms with E-state index in [0.29, 0.717) is 21.6 Å². The van der Waals surface area contributed by atoms with Crippen molar-refractivity contribution in [2.24, 2.45) is 4.99 Å². The molecular weight excluding hydrogens is 362 g/mol. The van der Waals surface area contributed by atoms with Crippen molar-refractivity contribution in [3.8, 4) is 5.75 Å². The Morgan fingerprint density at radius 2 is 1.89 bits per heavy atom. The third kappa shape index (κ3) is 3.58. The van der Waals surface area contributed by atoms with Crippen LogP contribution in [0.2, 0.25) is 0 Å². The van der Waals surface area contributed by atoms with Crippen molar-refractivity contribution in [3.05, 3.63) is 79.2 Å². The molecule has 1 aromatic heterocycles. The highest BCUT2D eigenvalue weighted by Gasteiger charge is 2.13. The summed E-state index contributed by atoms with van der Waals surface area (Å²) in [5.74, 6) is 0.942. The number of aromatic nitrogens is 1. The van der Waals surface area contributed by atoms with Gasteiger partial charge in [0.2, 0.25) is 0 Å². The number of carbonyl (C=O) groups is 1. The fourth-order valence-corrected chi connectivity index (χ4v) is 3.46. The van der Waals surface area contributed by atoms with Crippen LogP contribution in [-0.4, -0.2) is 18.0 Å². The lowest BCUT2D eigenvalue weighted by Crippen LogP contribution is -2.29. The molecule has 0 atom stereocenters. The summed E-state index contributed by atoms with van der Waals surface area (Å²) in [5, 5.41) is 4.69. The number of H-pyrrole nitrogens is 1. The van der Waals surface area contributed by atoms with Crippen LogP contribution in [0.5, 0.6) is 5.75 Å². The molecule has 3 aromatic rings. The van der Waals surface area contributed by atoms with Gasteiger partial charge >= 0.3 is 4.87 Å². The Labute approximate surface area is 158 Å². The van der Waals surface area contributed by atoms with Gasteiger partial charge in [-0.2, -0.15) is 0 Å². The molecular formula is C20H15N3O3S. The van der Waals surface area contributed by atoms with E-state index >= 15 is 0 Å². The Morgan fingerprint density at radius 3 is 2.67 bits per heavy atom. The molecule has 1 aliphatic rings. The van der Waals surface area contributed by atoms with E-state index in [9.17, 15) is 9.59 Å². The van der Waals surface area contributed by atoms with Crippen molar-refractivity contribution in [2.45, 2.75) is 0 Å². The second-order valence-corrected chi connectivity index (χ2v) is 6.84. The lowest BCUT2D eigenvalue weighted by atomic mass is 10.1. The third-order valence-electron chi connectivity index (χ3n) is 4.04. The van der Waals surface area contributed by atoms with Crippen molar-refractivity contribution < 1.29 is 9.53 Å². The number of benzene rings is 2. The number of rotatable bonds is 4. The van der Waals surface area contributed by atoms with Gasteiger partial charge in [0.25, 0.3) is 5.91 Å². The standard InChI is InChI=1S/C20H15N3O3S/c1-26-15-8-6-14(7-9-15)21-18-17(27-20(25)23-18)11-13-10-12-4-2-3-5-16(12)22-19(13)24/h2-11,21H,1H3,(H,23,25)/b13-11-. The number of hydrogen-bond donors (Lipinski definition) is 2. The smallest absolute Gasteiger partial charge is 0.306 e. The largest absolute Gasteiger partial charge is 0.497 e. The number of ether oxygens (including phenoxy) is 1. The fourth-order valence-electron chi connectivity index (χ4n) is 2.71. The molecule has 2 heterocycles. The molecule has 0 bridgehead atoms. The molecule has 4 rings (SSSR count). The Bertz CT molecular complexity index is 1220. The quantitative estimate of drug-likeness (QED) is 0.683. The highest BCUT2D eigenvalue weighted by molar-refractivity contribution is 7.10. The number of thiazole rings is 1. The second kappa shape index (κ2) is 7.05. The summed E-state index contributed by atoms with van der Waals surface area (Å²) in [7, 11) is 1.60. The van der Waals surface area contributed by atoms with Crippen molar-refractivity contribution >= 4 is 40.9 Å². The number of aromatic amines is 1. The zero-order chi connectivity index (χ0) is 18.8. The number of para-hydroxylation sites is 1. The van der Waals surface area contributed by atoms with E-state index in [-0.39, 0.29) is 10.8 Å². The molecule has 0 aliphatic carbocycles. The minimum Gasteiger partial charge on any atom is -0.497 e. The normalized spacial score (nSPS) is 14.3. The summed E-state index contributed by atoms with van der Waals surface area (Å²) in [5.41, 5.74) is 1.22. The van der Waals surface area contributed by atoms with Crippen LogP contribution in [0, 0.1) is 0 Å². The molecule has 0 spiro atoms. The first-order valence-electron chi connectivity index (χ1n) is 8.18. The van der Waals surface area contributed by atoms with Crippen molar-refractivity contribution in [1.29, 1.82) is 0 Å². The first kappa shape index (κ1) is 17.0. The molecule has 2 aromatic carbocycles. The number of fused-ring (bicyclic) bond motifs is 1. The molecule has 0 unspecified atom stereocenters. The van der Waals surface area contributed by atoms with Crippen LogP contribution in [0.3, 0.4) is 0 Å². The molecule has 6 nitrogen and oxygen atoms in total. The third-order valence-corrected chi connectivity index (χ3v) is 4.87. The van der Waals surface area contributed by atoms with Crippen LogP contribution in [0.1, 0.15) is 4.88 Å². The Balaban J connectivity index is 1.71. The van der Waals surface area contributed by atoms with Crippen LogP contribution in [0.4, 0.5) is 11.5 Å².